The molecule has 2 aliphatic rings. The maximum absolute atomic E-state index is 11.1. The van der Waals surface area contributed by atoms with Crippen LogP contribution < -0.4 is 16.4 Å². The third-order valence-corrected chi connectivity index (χ3v) is 4.19. The molecule has 2 heterocycles. The fourth-order valence-corrected chi connectivity index (χ4v) is 3.04. The van der Waals surface area contributed by atoms with Crippen molar-refractivity contribution in [2.45, 2.75) is 44.9 Å². The normalized spacial score (nSPS) is 28.0. The molecule has 0 bridgehead atoms. The predicted molar refractivity (Wildman–Crippen MR) is 83.0 cm³/mol. The highest BCUT2D eigenvalue weighted by atomic mass is 16.1. The van der Waals surface area contributed by atoms with Gasteiger partial charge in [0, 0.05) is 18.8 Å². The lowest BCUT2D eigenvalue weighted by Gasteiger charge is -2.25. The van der Waals surface area contributed by atoms with Crippen molar-refractivity contribution in [2.24, 2.45) is 22.4 Å². The van der Waals surface area contributed by atoms with Gasteiger partial charge in [-0.3, -0.25) is 14.5 Å². The summed E-state index contributed by atoms with van der Waals surface area (Å²) in [6.45, 7) is 2.71. The van der Waals surface area contributed by atoms with Gasteiger partial charge in [0.1, 0.15) is 11.9 Å². The van der Waals surface area contributed by atoms with Crippen LogP contribution in [0.2, 0.25) is 0 Å². The topological polar surface area (TPSA) is 115 Å². The molecule has 8 nitrogen and oxygen atoms in total. The number of hydrogen-bond donors (Lipinski definition) is 2. The standard InChI is InChI=1S/C14H21N7O/c1-9-17-12(14(16)22)4-5-21(9)13-8-20(19-18-13)7-10-2-3-11(15)6-10/h4-5,8-11H,2-3,6-7,15H2,1H3,(H2,16,22)/t9?,10-,11+/m1/s1. The third-order valence-electron chi connectivity index (χ3n) is 4.19. The lowest BCUT2D eigenvalue weighted by molar-refractivity contribution is -0.111. The van der Waals surface area contributed by atoms with Gasteiger partial charge in [-0.2, -0.15) is 0 Å². The van der Waals surface area contributed by atoms with Crippen molar-refractivity contribution in [1.29, 1.82) is 0 Å². The van der Waals surface area contributed by atoms with E-state index in [9.17, 15) is 4.79 Å². The molecule has 0 radical (unpaired) electrons. The molecule has 3 atom stereocenters. The van der Waals surface area contributed by atoms with E-state index >= 15 is 0 Å². The lowest BCUT2D eigenvalue weighted by Crippen LogP contribution is -2.34. The first-order chi connectivity index (χ1) is 10.5. The van der Waals surface area contributed by atoms with E-state index in [-0.39, 0.29) is 11.9 Å². The minimum atomic E-state index is -0.524. The molecule has 1 aromatic rings. The second-order valence-electron chi connectivity index (χ2n) is 5.97. The zero-order chi connectivity index (χ0) is 15.7. The maximum atomic E-state index is 11.1. The van der Waals surface area contributed by atoms with Crippen LogP contribution in [0.25, 0.3) is 0 Å². The first-order valence-electron chi connectivity index (χ1n) is 7.53. The highest BCUT2D eigenvalue weighted by Gasteiger charge is 2.24. The van der Waals surface area contributed by atoms with Gasteiger partial charge in [0.05, 0.1) is 6.20 Å². The molecule has 1 aliphatic carbocycles. The number of aromatic nitrogens is 3. The molecule has 118 valence electrons. The molecule has 1 amide bonds. The van der Waals surface area contributed by atoms with Crippen molar-refractivity contribution in [1.82, 2.24) is 15.0 Å². The summed E-state index contributed by atoms with van der Waals surface area (Å²) in [5, 5.41) is 8.37. The van der Waals surface area contributed by atoms with Crippen molar-refractivity contribution < 1.29 is 4.79 Å². The van der Waals surface area contributed by atoms with Crippen molar-refractivity contribution in [3.63, 3.8) is 0 Å². The van der Waals surface area contributed by atoms with Crippen LogP contribution in [0, 0.1) is 5.92 Å². The zero-order valence-corrected chi connectivity index (χ0v) is 12.6. The van der Waals surface area contributed by atoms with Gasteiger partial charge < -0.3 is 16.4 Å². The van der Waals surface area contributed by atoms with Crippen LogP contribution in [-0.4, -0.2) is 38.8 Å². The monoisotopic (exact) mass is 303 g/mol. The van der Waals surface area contributed by atoms with Crippen molar-refractivity contribution in [3.05, 3.63) is 18.5 Å². The number of carbonyl (C=O) groups is 1. The van der Waals surface area contributed by atoms with Gasteiger partial charge in [-0.1, -0.05) is 5.21 Å². The Hall–Kier alpha value is -2.22. The molecule has 1 unspecified atom stereocenters. The number of primary amides is 1. The fraction of sp³-hybridized carbons (Fsp3) is 0.571. The summed E-state index contributed by atoms with van der Waals surface area (Å²) in [5.74, 6) is 0.751. The van der Waals surface area contributed by atoms with E-state index in [1.165, 1.54) is 0 Å². The summed E-state index contributed by atoms with van der Waals surface area (Å²) in [5.41, 5.74) is 11.5. The number of carbonyl (C=O) groups excluding carboxylic acids is 1. The van der Waals surface area contributed by atoms with E-state index in [4.69, 9.17) is 11.5 Å². The van der Waals surface area contributed by atoms with E-state index in [1.54, 1.807) is 12.3 Å². The van der Waals surface area contributed by atoms with Crippen LogP contribution >= 0.6 is 0 Å². The molecule has 22 heavy (non-hydrogen) atoms. The van der Waals surface area contributed by atoms with Gasteiger partial charge in [-0.05, 0) is 38.2 Å². The summed E-state index contributed by atoms with van der Waals surface area (Å²) in [6.07, 6.45) is 8.29. The molecule has 0 spiro atoms. The summed E-state index contributed by atoms with van der Waals surface area (Å²) >= 11 is 0. The Balaban J connectivity index is 1.67. The molecule has 3 rings (SSSR count). The van der Waals surface area contributed by atoms with Gasteiger partial charge in [0.15, 0.2) is 5.82 Å². The molecular formula is C14H21N7O. The van der Waals surface area contributed by atoms with E-state index in [0.717, 1.165) is 25.8 Å². The summed E-state index contributed by atoms with van der Waals surface area (Å²) in [6, 6.07) is 0.319. The first-order valence-corrected chi connectivity index (χ1v) is 7.53. The lowest BCUT2D eigenvalue weighted by atomic mass is 10.1. The molecule has 0 aromatic carbocycles. The Morgan fingerprint density at radius 1 is 1.45 bits per heavy atom. The van der Waals surface area contributed by atoms with Gasteiger partial charge in [0.25, 0.3) is 5.91 Å². The number of anilines is 1. The second kappa shape index (κ2) is 5.88. The Bertz CT molecular complexity index is 620. The van der Waals surface area contributed by atoms with Crippen LogP contribution in [0.4, 0.5) is 5.82 Å². The quantitative estimate of drug-likeness (QED) is 0.813. The van der Waals surface area contributed by atoms with E-state index in [2.05, 4.69) is 15.3 Å². The van der Waals surface area contributed by atoms with Gasteiger partial charge in [-0.25, -0.2) is 0 Å². The zero-order valence-electron chi connectivity index (χ0n) is 12.6. The first kappa shape index (κ1) is 14.7. The van der Waals surface area contributed by atoms with Crippen molar-refractivity contribution >= 4 is 17.4 Å². The van der Waals surface area contributed by atoms with Gasteiger partial charge in [-0.15, -0.1) is 5.10 Å². The molecule has 4 N–H and O–H groups in total. The molecule has 8 heteroatoms. The van der Waals surface area contributed by atoms with Gasteiger partial charge >= 0.3 is 0 Å². The van der Waals surface area contributed by atoms with Crippen molar-refractivity contribution in [2.75, 3.05) is 4.90 Å². The minimum Gasteiger partial charge on any atom is -0.364 e. The third kappa shape index (κ3) is 3.01. The van der Waals surface area contributed by atoms with Crippen LogP contribution in [0.1, 0.15) is 26.2 Å². The smallest absolute Gasteiger partial charge is 0.266 e. The van der Waals surface area contributed by atoms with Crippen LogP contribution in [-0.2, 0) is 11.3 Å². The maximum Gasteiger partial charge on any atom is 0.266 e. The van der Waals surface area contributed by atoms with E-state index in [1.807, 2.05) is 22.7 Å². The predicted octanol–water partition coefficient (Wildman–Crippen LogP) is 0.0115. The summed E-state index contributed by atoms with van der Waals surface area (Å²) in [4.78, 5) is 17.3. The SMILES string of the molecule is CC1N=C(C(N)=O)C=CN1c1cn(C[C@@H]2CC[C@H](N)C2)nn1. The second-order valence-corrected chi connectivity index (χ2v) is 5.97. The fourth-order valence-electron chi connectivity index (χ4n) is 3.04. The minimum absolute atomic E-state index is 0.238. The number of rotatable bonds is 4. The molecule has 1 fully saturated rings. The Morgan fingerprint density at radius 3 is 2.91 bits per heavy atom. The van der Waals surface area contributed by atoms with E-state index in [0.29, 0.717) is 17.8 Å². The average Bonchev–Trinajstić information content (AvgIpc) is 3.08. The van der Waals surface area contributed by atoms with Crippen LogP contribution in [0.5, 0.6) is 0 Å². The van der Waals surface area contributed by atoms with Gasteiger partial charge in [0.2, 0.25) is 0 Å². The number of nitrogens with zero attached hydrogens (tertiary/aromatic N) is 5. The Morgan fingerprint density at radius 2 is 2.27 bits per heavy atom. The number of nitrogens with two attached hydrogens (primary N) is 2. The average molecular weight is 303 g/mol. The summed E-state index contributed by atoms with van der Waals surface area (Å²) in [7, 11) is 0. The van der Waals surface area contributed by atoms with Crippen LogP contribution in [0.15, 0.2) is 23.5 Å². The van der Waals surface area contributed by atoms with E-state index < -0.39 is 5.91 Å². The Kier molecular flexibility index (Phi) is 3.93. The van der Waals surface area contributed by atoms with Crippen LogP contribution in [0.3, 0.4) is 0 Å². The van der Waals surface area contributed by atoms with Crippen molar-refractivity contribution in [3.8, 4) is 0 Å². The highest BCUT2D eigenvalue weighted by molar-refractivity contribution is 6.43. The molecular weight excluding hydrogens is 282 g/mol. The largest absolute Gasteiger partial charge is 0.364 e. The number of amides is 1. The molecule has 1 saturated carbocycles. The molecule has 0 saturated heterocycles. The number of aliphatic imine (C=N–C) groups is 1. The highest BCUT2D eigenvalue weighted by Crippen LogP contribution is 2.26. The summed E-state index contributed by atoms with van der Waals surface area (Å²) < 4.78 is 1.85. The Labute approximate surface area is 128 Å². The molecule has 1 aromatic heterocycles. The molecule has 1 aliphatic heterocycles. The number of hydrogen-bond acceptors (Lipinski definition) is 6.